The highest BCUT2D eigenvalue weighted by Gasteiger charge is 2.30. The number of carbonyl (C=O) groups excluding carboxylic acids is 1. The number of H-pyrrole nitrogens is 1. The molecular formula is C10H16N4O4. The topological polar surface area (TPSA) is 127 Å². The molecule has 1 heterocycles. The van der Waals surface area contributed by atoms with Gasteiger partial charge in [0.05, 0.1) is 12.9 Å². The maximum Gasteiger partial charge on any atom is 0.337 e. The molecule has 1 unspecified atom stereocenters. The minimum Gasteiger partial charge on any atom is -0.479 e. The Morgan fingerprint density at radius 2 is 2.22 bits per heavy atom. The summed E-state index contributed by atoms with van der Waals surface area (Å²) >= 11 is 0. The number of aliphatic hydroxyl groups is 1. The van der Waals surface area contributed by atoms with Gasteiger partial charge in [0.25, 0.3) is 0 Å². The van der Waals surface area contributed by atoms with Gasteiger partial charge in [-0.3, -0.25) is 0 Å². The van der Waals surface area contributed by atoms with E-state index in [2.05, 4.69) is 20.6 Å². The highest BCUT2D eigenvalue weighted by molar-refractivity contribution is 5.79. The van der Waals surface area contributed by atoms with E-state index in [-0.39, 0.29) is 6.54 Å². The number of aromatic amines is 1. The van der Waals surface area contributed by atoms with Gasteiger partial charge in [0.2, 0.25) is 0 Å². The van der Waals surface area contributed by atoms with E-state index in [1.165, 1.54) is 0 Å². The number of carboxylic acids is 1. The standard InChI is InChI=1S/C10H16N4O4/c1-10(18,8(15)16)5-13-9(17)12-3-2-7-4-11-6-14-7/h4,6,18H,2-3,5H2,1H3,(H,11,14)(H,15,16)(H2,12,13,17). The van der Waals surface area contributed by atoms with E-state index in [4.69, 9.17) is 5.11 Å². The summed E-state index contributed by atoms with van der Waals surface area (Å²) in [6, 6.07) is -0.531. The van der Waals surface area contributed by atoms with Gasteiger partial charge in [-0.25, -0.2) is 14.6 Å². The number of nitrogens with one attached hydrogen (secondary N) is 3. The first-order chi connectivity index (χ1) is 8.42. The minimum atomic E-state index is -1.97. The zero-order valence-electron chi connectivity index (χ0n) is 9.93. The molecule has 18 heavy (non-hydrogen) atoms. The zero-order valence-corrected chi connectivity index (χ0v) is 9.93. The molecule has 1 aromatic rings. The molecule has 1 atom stereocenters. The third-order valence-electron chi connectivity index (χ3n) is 2.29. The maximum absolute atomic E-state index is 11.3. The number of aliphatic carboxylic acids is 1. The predicted molar refractivity (Wildman–Crippen MR) is 62.0 cm³/mol. The van der Waals surface area contributed by atoms with Gasteiger partial charge in [-0.05, 0) is 6.92 Å². The largest absolute Gasteiger partial charge is 0.479 e. The van der Waals surface area contributed by atoms with Gasteiger partial charge in [0.1, 0.15) is 0 Å². The molecule has 0 radical (unpaired) electrons. The summed E-state index contributed by atoms with van der Waals surface area (Å²) in [5.41, 5.74) is -1.09. The molecule has 8 heteroatoms. The number of imidazole rings is 1. The van der Waals surface area contributed by atoms with E-state index in [1.807, 2.05) is 0 Å². The van der Waals surface area contributed by atoms with Gasteiger partial charge in [0, 0.05) is 24.9 Å². The minimum absolute atomic E-state index is 0.363. The number of carbonyl (C=O) groups is 2. The van der Waals surface area contributed by atoms with Crippen LogP contribution in [0.25, 0.3) is 0 Å². The summed E-state index contributed by atoms with van der Waals surface area (Å²) in [5.74, 6) is -1.39. The molecule has 0 aliphatic heterocycles. The Kier molecular flexibility index (Phi) is 4.67. The number of aromatic nitrogens is 2. The molecule has 1 rings (SSSR count). The van der Waals surface area contributed by atoms with Crippen molar-refractivity contribution in [2.75, 3.05) is 13.1 Å². The van der Waals surface area contributed by atoms with Crippen LogP contribution in [0.4, 0.5) is 4.79 Å². The summed E-state index contributed by atoms with van der Waals surface area (Å²) < 4.78 is 0. The Balaban J connectivity index is 2.20. The first-order valence-corrected chi connectivity index (χ1v) is 5.36. The molecule has 0 aliphatic rings. The highest BCUT2D eigenvalue weighted by Crippen LogP contribution is 2.00. The summed E-state index contributed by atoms with van der Waals surface area (Å²) in [7, 11) is 0. The van der Waals surface area contributed by atoms with Gasteiger partial charge >= 0.3 is 12.0 Å². The van der Waals surface area contributed by atoms with Gasteiger partial charge in [-0.1, -0.05) is 0 Å². The van der Waals surface area contributed by atoms with Crippen LogP contribution >= 0.6 is 0 Å². The van der Waals surface area contributed by atoms with Crippen LogP contribution in [-0.4, -0.2) is 50.9 Å². The lowest BCUT2D eigenvalue weighted by molar-refractivity contribution is -0.155. The fourth-order valence-corrected chi connectivity index (χ4v) is 1.12. The fourth-order valence-electron chi connectivity index (χ4n) is 1.12. The number of amides is 2. The van der Waals surface area contributed by atoms with Crippen LogP contribution in [-0.2, 0) is 11.2 Å². The molecule has 0 aromatic carbocycles. The number of carboxylic acid groups (broad SMARTS) is 1. The van der Waals surface area contributed by atoms with E-state index in [9.17, 15) is 14.7 Å². The van der Waals surface area contributed by atoms with Crippen molar-refractivity contribution in [3.63, 3.8) is 0 Å². The molecule has 0 fully saturated rings. The molecule has 0 aliphatic carbocycles. The normalized spacial score (nSPS) is 13.7. The van der Waals surface area contributed by atoms with Gasteiger partial charge < -0.3 is 25.8 Å². The molecule has 0 saturated heterocycles. The van der Waals surface area contributed by atoms with Crippen LogP contribution in [0.15, 0.2) is 12.5 Å². The first kappa shape index (κ1) is 14.0. The summed E-state index contributed by atoms with van der Waals surface area (Å²) in [4.78, 5) is 28.6. The van der Waals surface area contributed by atoms with E-state index < -0.39 is 17.6 Å². The monoisotopic (exact) mass is 256 g/mol. The summed E-state index contributed by atoms with van der Waals surface area (Å²) in [5, 5.41) is 22.8. The van der Waals surface area contributed by atoms with Crippen LogP contribution in [0.2, 0.25) is 0 Å². The Morgan fingerprint density at radius 1 is 1.50 bits per heavy atom. The molecule has 0 spiro atoms. The average molecular weight is 256 g/mol. The van der Waals surface area contributed by atoms with E-state index in [1.54, 1.807) is 12.5 Å². The molecule has 0 bridgehead atoms. The van der Waals surface area contributed by atoms with Crippen LogP contribution < -0.4 is 10.6 Å². The Bertz CT molecular complexity index is 402. The average Bonchev–Trinajstić information content (AvgIpc) is 2.79. The van der Waals surface area contributed by atoms with Crippen molar-refractivity contribution in [3.8, 4) is 0 Å². The quantitative estimate of drug-likeness (QED) is 0.450. The second kappa shape index (κ2) is 6.01. The Morgan fingerprint density at radius 3 is 2.78 bits per heavy atom. The highest BCUT2D eigenvalue weighted by atomic mass is 16.4. The molecule has 1 aromatic heterocycles. The fraction of sp³-hybridized carbons (Fsp3) is 0.500. The van der Waals surface area contributed by atoms with Gasteiger partial charge in [-0.2, -0.15) is 0 Å². The van der Waals surface area contributed by atoms with Gasteiger partial charge in [0.15, 0.2) is 5.60 Å². The lowest BCUT2D eigenvalue weighted by atomic mass is 10.1. The van der Waals surface area contributed by atoms with E-state index in [0.29, 0.717) is 13.0 Å². The van der Waals surface area contributed by atoms with Crippen molar-refractivity contribution in [3.05, 3.63) is 18.2 Å². The predicted octanol–water partition coefficient (Wildman–Crippen LogP) is -0.913. The maximum atomic E-state index is 11.3. The van der Waals surface area contributed by atoms with Crippen molar-refractivity contribution >= 4 is 12.0 Å². The second-order valence-electron chi connectivity index (χ2n) is 4.02. The van der Waals surface area contributed by atoms with Crippen molar-refractivity contribution in [1.82, 2.24) is 20.6 Å². The van der Waals surface area contributed by atoms with E-state index >= 15 is 0 Å². The number of hydrogen-bond donors (Lipinski definition) is 5. The SMILES string of the molecule is CC(O)(CNC(=O)NCCc1cnc[nH]1)C(=O)O. The molecule has 8 nitrogen and oxygen atoms in total. The van der Waals surface area contributed by atoms with Crippen molar-refractivity contribution in [2.24, 2.45) is 0 Å². The first-order valence-electron chi connectivity index (χ1n) is 5.36. The van der Waals surface area contributed by atoms with Crippen molar-refractivity contribution in [2.45, 2.75) is 18.9 Å². The molecule has 2 amide bonds. The number of rotatable bonds is 6. The van der Waals surface area contributed by atoms with Gasteiger partial charge in [-0.15, -0.1) is 0 Å². The van der Waals surface area contributed by atoms with Crippen molar-refractivity contribution in [1.29, 1.82) is 0 Å². The lowest BCUT2D eigenvalue weighted by Gasteiger charge is -2.18. The molecule has 100 valence electrons. The van der Waals surface area contributed by atoms with E-state index in [0.717, 1.165) is 12.6 Å². The van der Waals surface area contributed by atoms with Crippen LogP contribution in [0.3, 0.4) is 0 Å². The number of hydrogen-bond acceptors (Lipinski definition) is 4. The Hall–Kier alpha value is -2.09. The molecule has 0 saturated carbocycles. The lowest BCUT2D eigenvalue weighted by Crippen LogP contribution is -2.49. The number of urea groups is 1. The molecule has 5 N–H and O–H groups in total. The zero-order chi connectivity index (χ0) is 13.6. The number of nitrogens with zero attached hydrogens (tertiary/aromatic N) is 1. The third kappa shape index (κ3) is 4.42. The van der Waals surface area contributed by atoms with Crippen LogP contribution in [0.1, 0.15) is 12.6 Å². The summed E-state index contributed by atoms with van der Waals surface area (Å²) in [6.45, 7) is 1.13. The second-order valence-corrected chi connectivity index (χ2v) is 4.02. The van der Waals surface area contributed by atoms with Crippen LogP contribution in [0, 0.1) is 0 Å². The molecular weight excluding hydrogens is 240 g/mol. The smallest absolute Gasteiger partial charge is 0.337 e. The van der Waals surface area contributed by atoms with Crippen molar-refractivity contribution < 1.29 is 19.8 Å². The Labute approximate surface area is 103 Å². The summed E-state index contributed by atoms with van der Waals surface area (Å²) in [6.07, 6.45) is 3.77. The third-order valence-corrected chi connectivity index (χ3v) is 2.29. The van der Waals surface area contributed by atoms with Crippen LogP contribution in [0.5, 0.6) is 0 Å².